The molecule has 28 heavy (non-hydrogen) atoms. The van der Waals surface area contributed by atoms with Crippen molar-refractivity contribution in [3.05, 3.63) is 75.7 Å². The van der Waals surface area contributed by atoms with Gasteiger partial charge in [-0.2, -0.15) is 0 Å². The number of rotatable bonds is 5. The summed E-state index contributed by atoms with van der Waals surface area (Å²) in [6.45, 7) is 2.88. The number of carbonyl (C=O) groups is 2. The minimum Gasteiger partial charge on any atom is -0.346 e. The Morgan fingerprint density at radius 3 is 2.79 bits per heavy atom. The van der Waals surface area contributed by atoms with Crippen LogP contribution in [0.4, 0.5) is 5.69 Å². The fourth-order valence-electron chi connectivity index (χ4n) is 3.02. The van der Waals surface area contributed by atoms with Crippen LogP contribution in [-0.2, 0) is 17.9 Å². The largest absolute Gasteiger partial charge is 0.346 e. The third-order valence-corrected chi connectivity index (χ3v) is 6.38. The van der Waals surface area contributed by atoms with Gasteiger partial charge in [0.1, 0.15) is 5.01 Å². The second-order valence-corrected chi connectivity index (χ2v) is 8.82. The van der Waals surface area contributed by atoms with Crippen molar-refractivity contribution in [2.45, 2.75) is 24.9 Å². The molecule has 3 aromatic rings. The molecule has 5 nitrogen and oxygen atoms in total. The van der Waals surface area contributed by atoms with E-state index in [2.05, 4.69) is 10.3 Å². The summed E-state index contributed by atoms with van der Waals surface area (Å²) in [4.78, 5) is 33.3. The summed E-state index contributed by atoms with van der Waals surface area (Å²) in [5.41, 5.74) is 2.39. The van der Waals surface area contributed by atoms with Gasteiger partial charge in [-0.05, 0) is 30.7 Å². The number of carbonyl (C=O) groups excluding carboxylic acids is 2. The molecule has 1 aromatic heterocycles. The third kappa shape index (κ3) is 4.10. The highest BCUT2D eigenvalue weighted by molar-refractivity contribution is 8.00. The van der Waals surface area contributed by atoms with Gasteiger partial charge in [-0.15, -0.1) is 23.1 Å². The van der Waals surface area contributed by atoms with Gasteiger partial charge in [0.05, 0.1) is 24.5 Å². The van der Waals surface area contributed by atoms with E-state index in [1.165, 1.54) is 11.8 Å². The van der Waals surface area contributed by atoms with Gasteiger partial charge in [0.25, 0.3) is 5.91 Å². The fraction of sp³-hybridized carbons (Fsp3) is 0.190. The third-order valence-electron chi connectivity index (χ3n) is 4.42. The van der Waals surface area contributed by atoms with E-state index < -0.39 is 0 Å². The number of fused-ring (bicyclic) bond motifs is 1. The normalized spacial score (nSPS) is 13.3. The number of hydrogen-bond acceptors (Lipinski definition) is 5. The monoisotopic (exact) mass is 409 g/mol. The Kier molecular flexibility index (Phi) is 5.45. The first kappa shape index (κ1) is 18.7. The van der Waals surface area contributed by atoms with Crippen LogP contribution >= 0.6 is 23.1 Å². The number of anilines is 1. The molecular weight excluding hydrogens is 390 g/mol. The van der Waals surface area contributed by atoms with E-state index in [4.69, 9.17) is 0 Å². The van der Waals surface area contributed by atoms with Crippen LogP contribution in [0.25, 0.3) is 0 Å². The standard InChI is InChI=1S/C21H19N3O2S2/c1-14-10-22-19(28-14)11-23-21(26)16-7-8-18-17(9-16)24(20(25)13-27-18)12-15-5-3-2-4-6-15/h2-10H,11-13H2,1H3,(H,23,26). The second kappa shape index (κ2) is 8.16. The van der Waals surface area contributed by atoms with E-state index in [1.54, 1.807) is 22.4 Å². The molecule has 2 aromatic carbocycles. The Balaban J connectivity index is 1.55. The van der Waals surface area contributed by atoms with Gasteiger partial charge in [0.2, 0.25) is 5.91 Å². The molecule has 0 atom stereocenters. The number of aromatic nitrogens is 1. The van der Waals surface area contributed by atoms with Crippen molar-refractivity contribution in [2.24, 2.45) is 0 Å². The minimum absolute atomic E-state index is 0.0529. The predicted octanol–water partition coefficient (Wildman–Crippen LogP) is 4.02. The van der Waals surface area contributed by atoms with Crippen molar-refractivity contribution in [3.8, 4) is 0 Å². The van der Waals surface area contributed by atoms with Gasteiger partial charge in [-0.25, -0.2) is 4.98 Å². The maximum absolute atomic E-state index is 12.6. The van der Waals surface area contributed by atoms with Crippen LogP contribution in [0.1, 0.15) is 25.8 Å². The number of thiazole rings is 1. The maximum Gasteiger partial charge on any atom is 0.251 e. The Morgan fingerprint density at radius 1 is 1.21 bits per heavy atom. The lowest BCUT2D eigenvalue weighted by atomic mass is 10.1. The summed E-state index contributed by atoms with van der Waals surface area (Å²) in [5, 5.41) is 3.79. The second-order valence-electron chi connectivity index (χ2n) is 6.48. The van der Waals surface area contributed by atoms with Gasteiger partial charge in [0, 0.05) is 21.5 Å². The number of nitrogens with one attached hydrogen (secondary N) is 1. The van der Waals surface area contributed by atoms with Crippen LogP contribution in [0, 0.1) is 6.92 Å². The average molecular weight is 410 g/mol. The molecule has 142 valence electrons. The number of nitrogens with zero attached hydrogens (tertiary/aromatic N) is 2. The molecule has 0 unspecified atom stereocenters. The summed E-state index contributed by atoms with van der Waals surface area (Å²) < 4.78 is 0. The molecule has 0 fully saturated rings. The molecule has 1 N–H and O–H groups in total. The zero-order valence-corrected chi connectivity index (χ0v) is 17.0. The molecule has 7 heteroatoms. The lowest BCUT2D eigenvalue weighted by Crippen LogP contribution is -2.35. The Hall–Kier alpha value is -2.64. The molecule has 2 amide bonds. The van der Waals surface area contributed by atoms with E-state index in [-0.39, 0.29) is 11.8 Å². The van der Waals surface area contributed by atoms with Gasteiger partial charge < -0.3 is 10.2 Å². The first-order chi connectivity index (χ1) is 13.6. The van der Waals surface area contributed by atoms with E-state index in [0.29, 0.717) is 24.4 Å². The van der Waals surface area contributed by atoms with Crippen molar-refractivity contribution in [2.75, 3.05) is 10.7 Å². The summed E-state index contributed by atoms with van der Waals surface area (Å²) in [5.74, 6) is 0.296. The SMILES string of the molecule is Cc1cnc(CNC(=O)c2ccc3c(c2)N(Cc2ccccc2)C(=O)CS3)s1. The Morgan fingerprint density at radius 2 is 2.04 bits per heavy atom. The van der Waals surface area contributed by atoms with Crippen LogP contribution in [-0.4, -0.2) is 22.6 Å². The first-order valence-corrected chi connectivity index (χ1v) is 10.7. The van der Waals surface area contributed by atoms with Crippen molar-refractivity contribution in [1.82, 2.24) is 10.3 Å². The van der Waals surface area contributed by atoms with Crippen LogP contribution in [0.15, 0.2) is 59.6 Å². The Bertz CT molecular complexity index is 1020. The van der Waals surface area contributed by atoms with Crippen LogP contribution in [0.5, 0.6) is 0 Å². The quantitative estimate of drug-likeness (QED) is 0.691. The van der Waals surface area contributed by atoms with Crippen molar-refractivity contribution in [3.63, 3.8) is 0 Å². The molecule has 0 radical (unpaired) electrons. The van der Waals surface area contributed by atoms with Crippen molar-refractivity contribution >= 4 is 40.6 Å². The average Bonchev–Trinajstić information content (AvgIpc) is 3.14. The number of benzene rings is 2. The predicted molar refractivity (Wildman–Crippen MR) is 113 cm³/mol. The zero-order chi connectivity index (χ0) is 19.5. The number of amides is 2. The summed E-state index contributed by atoms with van der Waals surface area (Å²) in [7, 11) is 0. The molecule has 0 saturated heterocycles. The number of thioether (sulfide) groups is 1. The highest BCUT2D eigenvalue weighted by Gasteiger charge is 2.26. The summed E-state index contributed by atoms with van der Waals surface area (Å²) >= 11 is 3.08. The highest BCUT2D eigenvalue weighted by atomic mass is 32.2. The van der Waals surface area contributed by atoms with Gasteiger partial charge in [-0.1, -0.05) is 30.3 Å². The fourth-order valence-corrected chi connectivity index (χ4v) is 4.67. The number of hydrogen-bond donors (Lipinski definition) is 1. The lowest BCUT2D eigenvalue weighted by Gasteiger charge is -2.29. The van der Waals surface area contributed by atoms with Crippen molar-refractivity contribution < 1.29 is 9.59 Å². The van der Waals surface area contributed by atoms with E-state index >= 15 is 0 Å². The van der Waals surface area contributed by atoms with Crippen LogP contribution < -0.4 is 10.2 Å². The zero-order valence-electron chi connectivity index (χ0n) is 15.3. The van der Waals surface area contributed by atoms with Gasteiger partial charge in [-0.3, -0.25) is 9.59 Å². The molecule has 4 rings (SSSR count). The topological polar surface area (TPSA) is 62.3 Å². The van der Waals surface area contributed by atoms with Crippen molar-refractivity contribution in [1.29, 1.82) is 0 Å². The van der Waals surface area contributed by atoms with E-state index in [0.717, 1.165) is 26.0 Å². The van der Waals surface area contributed by atoms with Crippen LogP contribution in [0.3, 0.4) is 0 Å². The molecule has 0 bridgehead atoms. The molecule has 0 aliphatic carbocycles. The van der Waals surface area contributed by atoms with Crippen LogP contribution in [0.2, 0.25) is 0 Å². The molecule has 1 aliphatic rings. The Labute approximate surface area is 171 Å². The summed E-state index contributed by atoms with van der Waals surface area (Å²) in [6.07, 6.45) is 1.80. The molecule has 0 saturated carbocycles. The first-order valence-electron chi connectivity index (χ1n) is 8.91. The maximum atomic E-state index is 12.6. The molecular formula is C21H19N3O2S2. The number of aryl methyl sites for hydroxylation is 1. The summed E-state index contributed by atoms with van der Waals surface area (Å²) in [6, 6.07) is 15.4. The van der Waals surface area contributed by atoms with Gasteiger partial charge >= 0.3 is 0 Å². The smallest absolute Gasteiger partial charge is 0.251 e. The van der Waals surface area contributed by atoms with Gasteiger partial charge in [0.15, 0.2) is 0 Å². The highest BCUT2D eigenvalue weighted by Crippen LogP contribution is 2.36. The lowest BCUT2D eigenvalue weighted by molar-refractivity contribution is -0.116. The molecule has 2 heterocycles. The minimum atomic E-state index is -0.168. The molecule has 0 spiro atoms. The van der Waals surface area contributed by atoms with E-state index in [9.17, 15) is 9.59 Å². The van der Waals surface area contributed by atoms with E-state index in [1.807, 2.05) is 55.5 Å². The molecule has 1 aliphatic heterocycles.